The smallest absolute Gasteiger partial charge is 0.462 e. The van der Waals surface area contributed by atoms with Gasteiger partial charge in [-0.3, -0.25) is 37.3 Å². The van der Waals surface area contributed by atoms with E-state index in [9.17, 15) is 43.2 Å². The monoisotopic (exact) mass is 1520 g/mol. The van der Waals surface area contributed by atoms with Crippen LogP contribution in [0.2, 0.25) is 0 Å². The molecule has 0 rings (SSSR count). The zero-order valence-electron chi connectivity index (χ0n) is 68.5. The Hall–Kier alpha value is -1.94. The van der Waals surface area contributed by atoms with Crippen molar-refractivity contribution in [2.45, 2.75) is 465 Å². The Morgan fingerprint density at radius 2 is 0.490 bits per heavy atom. The molecule has 0 aromatic carbocycles. The topological polar surface area (TPSA) is 237 Å². The van der Waals surface area contributed by atoms with Gasteiger partial charge in [-0.25, -0.2) is 9.13 Å². The van der Waals surface area contributed by atoms with Gasteiger partial charge in [0.2, 0.25) is 0 Å². The highest BCUT2D eigenvalue weighted by molar-refractivity contribution is 7.47. The summed E-state index contributed by atoms with van der Waals surface area (Å²) < 4.78 is 68.9. The van der Waals surface area contributed by atoms with E-state index in [2.05, 4.69) is 48.5 Å². The van der Waals surface area contributed by atoms with Gasteiger partial charge in [0.05, 0.1) is 26.4 Å². The second kappa shape index (κ2) is 75.1. The zero-order chi connectivity index (χ0) is 76.5. The van der Waals surface area contributed by atoms with E-state index < -0.39 is 97.5 Å². The van der Waals surface area contributed by atoms with Crippen LogP contribution in [0.3, 0.4) is 0 Å². The van der Waals surface area contributed by atoms with Crippen molar-refractivity contribution in [3.05, 3.63) is 0 Å². The molecule has 4 unspecified atom stereocenters. The Kier molecular flexibility index (Phi) is 73.7. The number of aliphatic hydroxyl groups excluding tert-OH is 1. The number of phosphoric ester groups is 2. The van der Waals surface area contributed by atoms with Gasteiger partial charge in [-0.2, -0.15) is 0 Å². The number of esters is 4. The van der Waals surface area contributed by atoms with Crippen molar-refractivity contribution in [3.8, 4) is 0 Å². The van der Waals surface area contributed by atoms with Gasteiger partial charge in [-0.15, -0.1) is 0 Å². The van der Waals surface area contributed by atoms with E-state index in [1.54, 1.807) is 0 Å². The van der Waals surface area contributed by atoms with Crippen molar-refractivity contribution >= 4 is 39.5 Å². The predicted molar refractivity (Wildman–Crippen MR) is 428 cm³/mol. The number of phosphoric acid groups is 2. The largest absolute Gasteiger partial charge is 0.472 e. The van der Waals surface area contributed by atoms with Gasteiger partial charge in [-0.1, -0.05) is 395 Å². The third-order valence-corrected chi connectivity index (χ3v) is 22.5. The maximum Gasteiger partial charge on any atom is 0.472 e. The summed E-state index contributed by atoms with van der Waals surface area (Å²) in [5.74, 6) is 0.264. The van der Waals surface area contributed by atoms with E-state index in [0.29, 0.717) is 25.7 Å². The average Bonchev–Trinajstić information content (AvgIpc) is 0.909. The van der Waals surface area contributed by atoms with Crippen LogP contribution < -0.4 is 0 Å². The lowest BCUT2D eigenvalue weighted by Gasteiger charge is -2.21. The van der Waals surface area contributed by atoms with Crippen molar-refractivity contribution in [1.82, 2.24) is 0 Å². The SMILES string of the molecule is CCCCCCCCCCCCCCCCCCCCCCCCC(=O)O[C@H](COC(=O)CCCCCCCCCCCCCCCC(C)C)COP(=O)(O)OC[C@@H](O)COP(=O)(O)OC[C@@H](COC(=O)CCCCCCCCCCC(C)CC)OC(=O)CCCCCCCCCCCCC(C)CC. The minimum Gasteiger partial charge on any atom is -0.462 e. The van der Waals surface area contributed by atoms with Crippen molar-refractivity contribution in [2.75, 3.05) is 39.6 Å². The summed E-state index contributed by atoms with van der Waals surface area (Å²) >= 11 is 0. The van der Waals surface area contributed by atoms with Crippen LogP contribution in [-0.2, 0) is 65.4 Å². The molecule has 0 aromatic heterocycles. The van der Waals surface area contributed by atoms with Gasteiger partial charge in [0.25, 0.3) is 0 Å². The van der Waals surface area contributed by atoms with Gasteiger partial charge in [0.1, 0.15) is 19.3 Å². The fourth-order valence-electron chi connectivity index (χ4n) is 13.1. The molecule has 0 aromatic rings. The lowest BCUT2D eigenvalue weighted by molar-refractivity contribution is -0.161. The standard InChI is InChI=1S/C85H166O17P2/c1-8-11-12-13-14-15-16-17-18-19-20-21-22-23-24-25-28-32-38-47-54-61-68-84(89)101-80(72-95-82(87)66-59-52-45-37-31-29-26-27-30-35-42-49-56-63-76(4)5)74-99-103(91,92)97-70-79(86)71-98-104(93,94)100-75-81(73-96-83(88)67-60-53-46-41-40-44-51-58-65-78(7)10-3)102-85(90)69-62-55-48-39-34-33-36-43-50-57-64-77(6)9-2/h76-81,86H,8-75H2,1-7H3,(H,91,92)(H,93,94)/t77?,78?,79-,80-,81-/m1/s1. The Morgan fingerprint density at radius 1 is 0.279 bits per heavy atom. The first kappa shape index (κ1) is 102. The second-order valence-corrected chi connectivity index (χ2v) is 34.4. The first-order valence-corrected chi connectivity index (χ1v) is 46.9. The van der Waals surface area contributed by atoms with Crippen LogP contribution in [0.25, 0.3) is 0 Å². The molecule has 0 spiro atoms. The van der Waals surface area contributed by atoms with E-state index in [-0.39, 0.29) is 25.7 Å². The molecule has 0 aliphatic rings. The molecule has 17 nitrogen and oxygen atoms in total. The van der Waals surface area contributed by atoms with Crippen LogP contribution in [0, 0.1) is 17.8 Å². The quantitative estimate of drug-likeness (QED) is 0.0222. The summed E-state index contributed by atoms with van der Waals surface area (Å²) in [6, 6.07) is 0. The Morgan fingerprint density at radius 3 is 0.731 bits per heavy atom. The molecular weight excluding hydrogens is 1350 g/mol. The highest BCUT2D eigenvalue weighted by Crippen LogP contribution is 2.45. The Bertz CT molecular complexity index is 2010. The number of hydrogen-bond donors (Lipinski definition) is 3. The van der Waals surface area contributed by atoms with Crippen molar-refractivity contribution in [3.63, 3.8) is 0 Å². The van der Waals surface area contributed by atoms with Crippen LogP contribution in [0.4, 0.5) is 0 Å². The van der Waals surface area contributed by atoms with Crippen LogP contribution in [0.15, 0.2) is 0 Å². The molecule has 0 radical (unpaired) electrons. The minimum absolute atomic E-state index is 0.106. The fourth-order valence-corrected chi connectivity index (χ4v) is 14.7. The number of aliphatic hydroxyl groups is 1. The van der Waals surface area contributed by atoms with E-state index in [1.165, 1.54) is 257 Å². The van der Waals surface area contributed by atoms with Gasteiger partial charge >= 0.3 is 39.5 Å². The van der Waals surface area contributed by atoms with Gasteiger partial charge < -0.3 is 33.8 Å². The van der Waals surface area contributed by atoms with Crippen molar-refractivity contribution in [2.24, 2.45) is 17.8 Å². The van der Waals surface area contributed by atoms with E-state index in [0.717, 1.165) is 108 Å². The molecule has 7 atom stereocenters. The third kappa shape index (κ3) is 75.5. The maximum atomic E-state index is 13.1. The van der Waals surface area contributed by atoms with Crippen LogP contribution in [0.5, 0.6) is 0 Å². The summed E-state index contributed by atoms with van der Waals surface area (Å²) in [6.07, 6.45) is 65.2. The van der Waals surface area contributed by atoms with E-state index in [4.69, 9.17) is 37.0 Å². The van der Waals surface area contributed by atoms with Gasteiger partial charge in [0.15, 0.2) is 12.2 Å². The molecule has 0 aliphatic carbocycles. The summed E-state index contributed by atoms with van der Waals surface area (Å²) in [5, 5.41) is 10.7. The Balaban J connectivity index is 5.24. The fraction of sp³-hybridized carbons (Fsp3) is 0.953. The summed E-state index contributed by atoms with van der Waals surface area (Å²) in [5.41, 5.74) is 0. The molecule has 0 bridgehead atoms. The Labute approximate surface area is 638 Å². The van der Waals surface area contributed by atoms with Crippen LogP contribution >= 0.6 is 15.6 Å². The molecule has 0 saturated heterocycles. The third-order valence-electron chi connectivity index (χ3n) is 20.6. The second-order valence-electron chi connectivity index (χ2n) is 31.5. The number of carbonyl (C=O) groups is 4. The highest BCUT2D eigenvalue weighted by Gasteiger charge is 2.30. The zero-order valence-corrected chi connectivity index (χ0v) is 70.3. The molecule has 3 N–H and O–H groups in total. The van der Waals surface area contributed by atoms with Crippen molar-refractivity contribution in [1.29, 1.82) is 0 Å². The minimum atomic E-state index is -4.97. The summed E-state index contributed by atoms with van der Waals surface area (Å²) in [7, 11) is -9.93. The lowest BCUT2D eigenvalue weighted by Crippen LogP contribution is -2.30. The number of rotatable bonds is 83. The molecule has 618 valence electrons. The number of hydrogen-bond acceptors (Lipinski definition) is 15. The maximum absolute atomic E-state index is 13.1. The number of ether oxygens (including phenoxy) is 4. The van der Waals surface area contributed by atoms with Gasteiger partial charge in [-0.05, 0) is 43.4 Å². The van der Waals surface area contributed by atoms with E-state index >= 15 is 0 Å². The molecule has 0 amide bonds. The van der Waals surface area contributed by atoms with E-state index in [1.807, 2.05) is 0 Å². The van der Waals surface area contributed by atoms with Gasteiger partial charge in [0, 0.05) is 25.7 Å². The summed E-state index contributed by atoms with van der Waals surface area (Å²) in [6.45, 7) is 12.0. The lowest BCUT2D eigenvalue weighted by atomic mass is 9.99. The van der Waals surface area contributed by atoms with Crippen LogP contribution in [-0.4, -0.2) is 96.7 Å². The van der Waals surface area contributed by atoms with Crippen molar-refractivity contribution < 1.29 is 80.2 Å². The predicted octanol–water partition coefficient (Wildman–Crippen LogP) is 25.7. The first-order valence-electron chi connectivity index (χ1n) is 43.9. The molecule has 104 heavy (non-hydrogen) atoms. The molecule has 0 heterocycles. The average molecular weight is 1520 g/mol. The normalized spacial score (nSPS) is 14.4. The molecule has 0 aliphatic heterocycles. The number of carbonyl (C=O) groups excluding carboxylic acids is 4. The molecule has 0 saturated carbocycles. The summed E-state index contributed by atoms with van der Waals surface area (Å²) in [4.78, 5) is 73.2. The molecule has 0 fully saturated rings. The molecule has 19 heteroatoms. The highest BCUT2D eigenvalue weighted by atomic mass is 31.2. The van der Waals surface area contributed by atoms with Crippen LogP contribution in [0.1, 0.15) is 447 Å². The number of unbranched alkanes of at least 4 members (excludes halogenated alkanes) is 49. The molecular formula is C85H166O17P2. The first-order chi connectivity index (χ1) is 50.3.